The molecular formula is C18H20FN3O3. The summed E-state index contributed by atoms with van der Waals surface area (Å²) in [6.07, 6.45) is -0.292. The zero-order valence-corrected chi connectivity index (χ0v) is 13.9. The van der Waals surface area contributed by atoms with Gasteiger partial charge in [-0.3, -0.25) is 4.79 Å². The lowest BCUT2D eigenvalue weighted by molar-refractivity contribution is -0.141. The molecule has 0 aliphatic carbocycles. The molecule has 1 amide bonds. The van der Waals surface area contributed by atoms with Crippen LogP contribution in [0.1, 0.15) is 11.8 Å². The van der Waals surface area contributed by atoms with Crippen molar-refractivity contribution in [2.24, 2.45) is 0 Å². The predicted octanol–water partition coefficient (Wildman–Crippen LogP) is 2.24. The lowest BCUT2D eigenvalue weighted by atomic mass is 10.2. The van der Waals surface area contributed by atoms with Crippen LogP contribution in [0.15, 0.2) is 42.5 Å². The molecule has 1 aromatic heterocycles. The van der Waals surface area contributed by atoms with E-state index in [4.69, 9.17) is 9.47 Å². The first-order valence-electron chi connectivity index (χ1n) is 8.09. The number of nitrogens with zero attached hydrogens (tertiary/aromatic N) is 2. The minimum Gasteiger partial charge on any atom is -0.481 e. The molecule has 1 aliphatic heterocycles. The van der Waals surface area contributed by atoms with E-state index in [0.29, 0.717) is 19.7 Å². The minimum absolute atomic E-state index is 0.0732. The number of morpholine rings is 1. The smallest absolute Gasteiger partial charge is 0.260 e. The number of carbonyl (C=O) groups excluding carboxylic acids is 1. The van der Waals surface area contributed by atoms with Crippen molar-refractivity contribution < 1.29 is 18.7 Å². The van der Waals surface area contributed by atoms with Crippen molar-refractivity contribution in [1.29, 1.82) is 0 Å². The van der Waals surface area contributed by atoms with Crippen LogP contribution in [0.4, 0.5) is 10.2 Å². The second-order valence-corrected chi connectivity index (χ2v) is 5.62. The zero-order valence-electron chi connectivity index (χ0n) is 13.9. The molecule has 1 atom stereocenters. The summed E-state index contributed by atoms with van der Waals surface area (Å²) in [4.78, 5) is 18.5. The fraction of sp³-hybridized carbons (Fsp3) is 0.333. The van der Waals surface area contributed by atoms with Crippen LogP contribution < -0.4 is 10.1 Å². The third-order valence-electron chi connectivity index (χ3n) is 3.96. The first-order chi connectivity index (χ1) is 12.2. The maximum absolute atomic E-state index is 13.6. The first-order valence-corrected chi connectivity index (χ1v) is 8.09. The lowest BCUT2D eigenvalue weighted by Crippen LogP contribution is -2.44. The van der Waals surface area contributed by atoms with Crippen LogP contribution >= 0.6 is 0 Å². The van der Waals surface area contributed by atoms with E-state index in [2.05, 4.69) is 10.3 Å². The summed E-state index contributed by atoms with van der Waals surface area (Å²) in [5.74, 6) is 0.126. The molecule has 0 saturated carbocycles. The van der Waals surface area contributed by atoms with Crippen LogP contribution in [0.5, 0.6) is 5.75 Å². The van der Waals surface area contributed by atoms with E-state index in [-0.39, 0.29) is 24.4 Å². The van der Waals surface area contributed by atoms with Crippen molar-refractivity contribution in [2.75, 3.05) is 38.7 Å². The van der Waals surface area contributed by atoms with Crippen molar-refractivity contribution in [3.05, 3.63) is 54.0 Å². The van der Waals surface area contributed by atoms with Gasteiger partial charge in [-0.2, -0.15) is 0 Å². The number of ether oxygens (including phenoxy) is 2. The van der Waals surface area contributed by atoms with E-state index < -0.39 is 5.82 Å². The summed E-state index contributed by atoms with van der Waals surface area (Å²) >= 11 is 0. The molecule has 1 fully saturated rings. The summed E-state index contributed by atoms with van der Waals surface area (Å²) in [5.41, 5.74) is 0.763. The summed E-state index contributed by atoms with van der Waals surface area (Å²) in [7, 11) is 1.80. The van der Waals surface area contributed by atoms with Gasteiger partial charge < -0.3 is 19.7 Å². The van der Waals surface area contributed by atoms with E-state index in [1.807, 2.05) is 18.2 Å². The van der Waals surface area contributed by atoms with E-state index in [1.165, 1.54) is 12.1 Å². The van der Waals surface area contributed by atoms with Gasteiger partial charge in [0.2, 0.25) is 0 Å². The predicted molar refractivity (Wildman–Crippen MR) is 91.0 cm³/mol. The van der Waals surface area contributed by atoms with Crippen molar-refractivity contribution in [3.8, 4) is 5.75 Å². The van der Waals surface area contributed by atoms with Crippen molar-refractivity contribution >= 4 is 11.7 Å². The standard InChI is InChI=1S/C18H20FN3O3/c1-20-17-8-4-6-14(21-17)16-11-22(9-10-24-16)18(23)12-25-15-7-3-2-5-13(15)19/h2-8,16H,9-12H2,1H3,(H,20,21). The molecule has 1 N–H and O–H groups in total. The number of para-hydroxylation sites is 1. The van der Waals surface area contributed by atoms with E-state index in [9.17, 15) is 9.18 Å². The van der Waals surface area contributed by atoms with Crippen LogP contribution in [-0.2, 0) is 9.53 Å². The summed E-state index contributed by atoms with van der Waals surface area (Å²) in [6, 6.07) is 11.6. The van der Waals surface area contributed by atoms with Gasteiger partial charge in [0.1, 0.15) is 11.9 Å². The number of benzene rings is 1. The van der Waals surface area contributed by atoms with Crippen LogP contribution in [0.2, 0.25) is 0 Å². The van der Waals surface area contributed by atoms with Gasteiger partial charge in [0.05, 0.1) is 18.8 Å². The maximum Gasteiger partial charge on any atom is 0.260 e. The van der Waals surface area contributed by atoms with Gasteiger partial charge in [0.15, 0.2) is 18.2 Å². The molecule has 6 nitrogen and oxygen atoms in total. The van der Waals surface area contributed by atoms with Crippen molar-refractivity contribution in [3.63, 3.8) is 0 Å². The van der Waals surface area contributed by atoms with Gasteiger partial charge in [-0.1, -0.05) is 18.2 Å². The molecule has 1 aromatic carbocycles. The Balaban J connectivity index is 1.60. The van der Waals surface area contributed by atoms with Crippen LogP contribution in [-0.4, -0.2) is 49.1 Å². The van der Waals surface area contributed by atoms with Gasteiger partial charge in [0, 0.05) is 13.6 Å². The Hall–Kier alpha value is -2.67. The quantitative estimate of drug-likeness (QED) is 0.900. The third-order valence-corrected chi connectivity index (χ3v) is 3.96. The molecule has 0 bridgehead atoms. The van der Waals surface area contributed by atoms with E-state index >= 15 is 0 Å². The molecule has 2 aromatic rings. The normalized spacial score (nSPS) is 17.2. The molecule has 132 valence electrons. The van der Waals surface area contributed by atoms with Crippen LogP contribution in [0, 0.1) is 5.82 Å². The molecular weight excluding hydrogens is 325 g/mol. The number of hydrogen-bond donors (Lipinski definition) is 1. The molecule has 1 aliphatic rings. The van der Waals surface area contributed by atoms with Gasteiger partial charge in [-0.25, -0.2) is 9.37 Å². The number of pyridine rings is 1. The highest BCUT2D eigenvalue weighted by Crippen LogP contribution is 2.22. The largest absolute Gasteiger partial charge is 0.481 e. The molecule has 25 heavy (non-hydrogen) atoms. The molecule has 3 rings (SSSR count). The topological polar surface area (TPSA) is 63.7 Å². The monoisotopic (exact) mass is 345 g/mol. The summed E-state index contributed by atoms with van der Waals surface area (Å²) in [5, 5.41) is 2.98. The number of nitrogens with one attached hydrogen (secondary N) is 1. The fourth-order valence-corrected chi connectivity index (χ4v) is 2.62. The Morgan fingerprint density at radius 3 is 3.00 bits per heavy atom. The molecule has 1 saturated heterocycles. The number of carbonyl (C=O) groups is 1. The highest BCUT2D eigenvalue weighted by Gasteiger charge is 2.26. The number of amides is 1. The van der Waals surface area contributed by atoms with E-state index in [0.717, 1.165) is 11.5 Å². The molecule has 0 radical (unpaired) electrons. The van der Waals surface area contributed by atoms with Crippen molar-refractivity contribution in [2.45, 2.75) is 6.10 Å². The van der Waals surface area contributed by atoms with Gasteiger partial charge >= 0.3 is 0 Å². The Morgan fingerprint density at radius 2 is 2.20 bits per heavy atom. The Morgan fingerprint density at radius 1 is 1.36 bits per heavy atom. The van der Waals surface area contributed by atoms with Crippen LogP contribution in [0.3, 0.4) is 0 Å². The zero-order chi connectivity index (χ0) is 17.6. The van der Waals surface area contributed by atoms with Gasteiger partial charge in [-0.05, 0) is 24.3 Å². The first kappa shape index (κ1) is 17.2. The highest BCUT2D eigenvalue weighted by atomic mass is 19.1. The maximum atomic E-state index is 13.6. The summed E-state index contributed by atoms with van der Waals surface area (Å²) in [6.45, 7) is 1.07. The number of halogens is 1. The minimum atomic E-state index is -0.483. The lowest BCUT2D eigenvalue weighted by Gasteiger charge is -2.32. The summed E-state index contributed by atoms with van der Waals surface area (Å²) < 4.78 is 24.6. The molecule has 0 spiro atoms. The van der Waals surface area contributed by atoms with Gasteiger partial charge in [0.25, 0.3) is 5.91 Å². The molecule has 7 heteroatoms. The number of anilines is 1. The average molecular weight is 345 g/mol. The number of aromatic nitrogens is 1. The van der Waals surface area contributed by atoms with E-state index in [1.54, 1.807) is 24.1 Å². The SMILES string of the molecule is CNc1cccc(C2CN(C(=O)COc3ccccc3F)CCO2)n1. The number of hydrogen-bond acceptors (Lipinski definition) is 5. The second kappa shape index (κ2) is 7.94. The second-order valence-electron chi connectivity index (χ2n) is 5.62. The average Bonchev–Trinajstić information content (AvgIpc) is 2.67. The molecule has 1 unspecified atom stereocenters. The fourth-order valence-electron chi connectivity index (χ4n) is 2.62. The molecule has 2 heterocycles. The number of rotatable bonds is 5. The Labute approximate surface area is 145 Å². The van der Waals surface area contributed by atoms with Crippen molar-refractivity contribution in [1.82, 2.24) is 9.88 Å². The third kappa shape index (κ3) is 4.24. The Kier molecular flexibility index (Phi) is 5.45. The Bertz CT molecular complexity index is 741. The van der Waals surface area contributed by atoms with Gasteiger partial charge in [-0.15, -0.1) is 0 Å². The van der Waals surface area contributed by atoms with Crippen LogP contribution in [0.25, 0.3) is 0 Å². The highest BCUT2D eigenvalue weighted by molar-refractivity contribution is 5.78.